The number of hydrogen-bond acceptors (Lipinski definition) is 1. The molecule has 0 saturated carbocycles. The van der Waals surface area contributed by atoms with Gasteiger partial charge in [0.25, 0.3) is 0 Å². The molecular formula is C14H12F2N2S. The lowest BCUT2D eigenvalue weighted by Crippen LogP contribution is -2.28. The number of nitrogens with one attached hydrogen (secondary N) is 2. The molecule has 98 valence electrons. The molecule has 0 bridgehead atoms. The van der Waals surface area contributed by atoms with Gasteiger partial charge >= 0.3 is 0 Å². The molecule has 2 aromatic carbocycles. The lowest BCUT2D eigenvalue weighted by Gasteiger charge is -2.11. The Balaban J connectivity index is 1.93. The topological polar surface area (TPSA) is 24.1 Å². The number of halogens is 2. The largest absolute Gasteiger partial charge is 0.358 e. The zero-order chi connectivity index (χ0) is 13.7. The Morgan fingerprint density at radius 3 is 2.53 bits per heavy atom. The second kappa shape index (κ2) is 6.24. The molecule has 0 fully saturated rings. The van der Waals surface area contributed by atoms with E-state index < -0.39 is 11.6 Å². The maximum Gasteiger partial charge on any atom is 0.171 e. The molecule has 0 aromatic heterocycles. The Morgan fingerprint density at radius 2 is 1.79 bits per heavy atom. The van der Waals surface area contributed by atoms with Crippen LogP contribution in [0.1, 0.15) is 5.56 Å². The summed E-state index contributed by atoms with van der Waals surface area (Å²) in [6.07, 6.45) is 0. The summed E-state index contributed by atoms with van der Waals surface area (Å²) in [4.78, 5) is 0. The maximum atomic E-state index is 13.4. The van der Waals surface area contributed by atoms with Gasteiger partial charge in [0.1, 0.15) is 11.6 Å². The van der Waals surface area contributed by atoms with Gasteiger partial charge in [0.05, 0.1) is 5.69 Å². The highest BCUT2D eigenvalue weighted by molar-refractivity contribution is 7.80. The van der Waals surface area contributed by atoms with E-state index >= 15 is 0 Å². The average Bonchev–Trinajstić information content (AvgIpc) is 2.42. The average molecular weight is 278 g/mol. The minimum Gasteiger partial charge on any atom is -0.358 e. The molecule has 0 amide bonds. The van der Waals surface area contributed by atoms with Crippen molar-refractivity contribution in [2.24, 2.45) is 0 Å². The van der Waals surface area contributed by atoms with Crippen molar-refractivity contribution in [2.75, 3.05) is 5.32 Å². The van der Waals surface area contributed by atoms with E-state index in [-0.39, 0.29) is 10.8 Å². The summed E-state index contributed by atoms with van der Waals surface area (Å²) < 4.78 is 26.4. The van der Waals surface area contributed by atoms with Crippen LogP contribution >= 0.6 is 12.2 Å². The number of benzene rings is 2. The van der Waals surface area contributed by atoms with Gasteiger partial charge in [-0.1, -0.05) is 30.3 Å². The molecular weight excluding hydrogens is 266 g/mol. The molecule has 2 rings (SSSR count). The van der Waals surface area contributed by atoms with E-state index in [1.54, 1.807) is 0 Å². The number of rotatable bonds is 3. The lowest BCUT2D eigenvalue weighted by atomic mass is 10.2. The zero-order valence-electron chi connectivity index (χ0n) is 9.99. The van der Waals surface area contributed by atoms with Gasteiger partial charge in [0, 0.05) is 12.6 Å². The summed E-state index contributed by atoms with van der Waals surface area (Å²) in [6, 6.07) is 12.8. The molecule has 0 atom stereocenters. The van der Waals surface area contributed by atoms with Crippen LogP contribution in [0.5, 0.6) is 0 Å². The molecule has 0 aliphatic rings. The summed E-state index contributed by atoms with van der Waals surface area (Å²) >= 11 is 5.03. The van der Waals surface area contributed by atoms with Crippen LogP contribution in [-0.4, -0.2) is 5.11 Å². The van der Waals surface area contributed by atoms with E-state index in [4.69, 9.17) is 12.2 Å². The van der Waals surface area contributed by atoms with Gasteiger partial charge in [-0.2, -0.15) is 0 Å². The first kappa shape index (κ1) is 13.4. The first-order valence-electron chi connectivity index (χ1n) is 5.69. The molecule has 0 heterocycles. The Morgan fingerprint density at radius 1 is 1.05 bits per heavy atom. The molecule has 2 N–H and O–H groups in total. The minimum absolute atomic E-state index is 0.0190. The van der Waals surface area contributed by atoms with Gasteiger partial charge in [-0.25, -0.2) is 8.78 Å². The first-order chi connectivity index (χ1) is 9.15. The number of thiocarbonyl (C=S) groups is 1. The highest BCUT2D eigenvalue weighted by atomic mass is 32.1. The Hall–Kier alpha value is -2.01. The summed E-state index contributed by atoms with van der Waals surface area (Å²) in [5, 5.41) is 5.80. The van der Waals surface area contributed by atoms with Gasteiger partial charge in [-0.3, -0.25) is 0 Å². The minimum atomic E-state index is -0.551. The molecule has 2 nitrogen and oxygen atoms in total. The lowest BCUT2D eigenvalue weighted by molar-refractivity contribution is 0.604. The molecule has 0 spiro atoms. The van der Waals surface area contributed by atoms with E-state index in [2.05, 4.69) is 10.6 Å². The SMILES string of the molecule is Fc1ccc(F)c(NC(=S)NCc2ccccc2)c1. The highest BCUT2D eigenvalue weighted by Crippen LogP contribution is 2.15. The fraction of sp³-hybridized carbons (Fsp3) is 0.0714. The normalized spacial score (nSPS) is 10.0. The molecule has 0 radical (unpaired) electrons. The molecule has 0 aliphatic heterocycles. The van der Waals surface area contributed by atoms with Crippen molar-refractivity contribution in [1.82, 2.24) is 5.32 Å². The molecule has 5 heteroatoms. The number of hydrogen-bond donors (Lipinski definition) is 2. The van der Waals surface area contributed by atoms with Crippen LogP contribution in [-0.2, 0) is 6.54 Å². The van der Waals surface area contributed by atoms with Gasteiger partial charge in [-0.05, 0) is 29.9 Å². The van der Waals surface area contributed by atoms with Crippen molar-refractivity contribution in [3.05, 3.63) is 65.7 Å². The quantitative estimate of drug-likeness (QED) is 0.841. The van der Waals surface area contributed by atoms with Gasteiger partial charge in [0.2, 0.25) is 0 Å². The second-order valence-corrected chi connectivity index (χ2v) is 4.33. The van der Waals surface area contributed by atoms with Gasteiger partial charge in [-0.15, -0.1) is 0 Å². The van der Waals surface area contributed by atoms with Crippen LogP contribution < -0.4 is 10.6 Å². The maximum absolute atomic E-state index is 13.4. The van der Waals surface area contributed by atoms with Crippen LogP contribution in [0.25, 0.3) is 0 Å². The van der Waals surface area contributed by atoms with E-state index in [9.17, 15) is 8.78 Å². The Kier molecular flexibility index (Phi) is 4.41. The monoisotopic (exact) mass is 278 g/mol. The van der Waals surface area contributed by atoms with E-state index in [0.717, 1.165) is 23.8 Å². The summed E-state index contributed by atoms with van der Waals surface area (Å²) in [5.41, 5.74) is 1.07. The van der Waals surface area contributed by atoms with Crippen LogP contribution in [0, 0.1) is 11.6 Å². The standard InChI is InChI=1S/C14H12F2N2S/c15-11-6-7-12(16)13(8-11)18-14(19)17-9-10-4-2-1-3-5-10/h1-8H,9H2,(H2,17,18,19). The van der Waals surface area contributed by atoms with Crippen LogP contribution in [0.3, 0.4) is 0 Å². The molecule has 19 heavy (non-hydrogen) atoms. The van der Waals surface area contributed by atoms with Gasteiger partial charge < -0.3 is 10.6 Å². The summed E-state index contributed by atoms with van der Waals surface area (Å²) in [6.45, 7) is 0.517. The van der Waals surface area contributed by atoms with Crippen molar-refractivity contribution in [1.29, 1.82) is 0 Å². The van der Waals surface area contributed by atoms with Crippen LogP contribution in [0.4, 0.5) is 14.5 Å². The fourth-order valence-electron chi connectivity index (χ4n) is 1.54. The van der Waals surface area contributed by atoms with Crippen molar-refractivity contribution in [3.8, 4) is 0 Å². The van der Waals surface area contributed by atoms with E-state index in [1.165, 1.54) is 0 Å². The predicted octanol–water partition coefficient (Wildman–Crippen LogP) is 3.45. The summed E-state index contributed by atoms with van der Waals surface area (Å²) in [5.74, 6) is -1.07. The van der Waals surface area contributed by atoms with Gasteiger partial charge in [0.15, 0.2) is 5.11 Å². The molecule has 0 aliphatic carbocycles. The van der Waals surface area contributed by atoms with E-state index in [0.29, 0.717) is 6.54 Å². The smallest absolute Gasteiger partial charge is 0.171 e. The third kappa shape index (κ3) is 3.99. The fourth-order valence-corrected chi connectivity index (χ4v) is 1.72. The molecule has 0 unspecified atom stereocenters. The molecule has 0 saturated heterocycles. The second-order valence-electron chi connectivity index (χ2n) is 3.92. The third-order valence-corrected chi connectivity index (χ3v) is 2.72. The van der Waals surface area contributed by atoms with Crippen molar-refractivity contribution >= 4 is 23.0 Å². The summed E-state index contributed by atoms with van der Waals surface area (Å²) in [7, 11) is 0. The first-order valence-corrected chi connectivity index (χ1v) is 6.10. The van der Waals surface area contributed by atoms with E-state index in [1.807, 2.05) is 30.3 Å². The Bertz CT molecular complexity index is 573. The predicted molar refractivity (Wildman–Crippen MR) is 75.9 cm³/mol. The van der Waals surface area contributed by atoms with Crippen molar-refractivity contribution < 1.29 is 8.78 Å². The Labute approximate surface area is 115 Å². The third-order valence-electron chi connectivity index (χ3n) is 2.47. The number of anilines is 1. The van der Waals surface area contributed by atoms with Crippen molar-refractivity contribution in [3.63, 3.8) is 0 Å². The van der Waals surface area contributed by atoms with Crippen LogP contribution in [0.2, 0.25) is 0 Å². The van der Waals surface area contributed by atoms with Crippen LogP contribution in [0.15, 0.2) is 48.5 Å². The van der Waals surface area contributed by atoms with Crippen molar-refractivity contribution in [2.45, 2.75) is 6.54 Å². The highest BCUT2D eigenvalue weighted by Gasteiger charge is 2.05. The zero-order valence-corrected chi connectivity index (χ0v) is 10.8. The molecule has 2 aromatic rings.